The van der Waals surface area contributed by atoms with Gasteiger partial charge in [0.05, 0.1) is 5.52 Å². The number of para-hydroxylation sites is 2. The van der Waals surface area contributed by atoms with E-state index in [2.05, 4.69) is 15.3 Å². The number of nitrogens with one attached hydrogen (secondary N) is 1. The molecule has 0 radical (unpaired) electrons. The minimum atomic E-state index is -0.224. The number of aromatic nitrogens is 2. The maximum atomic E-state index is 12.4. The van der Waals surface area contributed by atoms with E-state index in [9.17, 15) is 4.79 Å². The molecule has 3 aromatic rings. The average Bonchev–Trinajstić information content (AvgIpc) is 2.49. The third-order valence-electron chi connectivity index (χ3n) is 3.15. The van der Waals surface area contributed by atoms with Gasteiger partial charge in [0.25, 0.3) is 5.91 Å². The molecule has 0 fully saturated rings. The molecule has 0 aliphatic heterocycles. The molecular weight excluding hydrogens is 250 g/mol. The Labute approximate surface area is 116 Å². The molecule has 20 heavy (non-hydrogen) atoms. The number of anilines is 1. The molecule has 1 amide bonds. The van der Waals surface area contributed by atoms with Gasteiger partial charge in [0.15, 0.2) is 0 Å². The van der Waals surface area contributed by atoms with Crippen LogP contribution >= 0.6 is 0 Å². The Hall–Kier alpha value is -2.75. The van der Waals surface area contributed by atoms with E-state index >= 15 is 0 Å². The van der Waals surface area contributed by atoms with Crippen LogP contribution in [0.1, 0.15) is 16.1 Å². The lowest BCUT2D eigenvalue weighted by Gasteiger charge is -2.08. The summed E-state index contributed by atoms with van der Waals surface area (Å²) in [6.07, 6.45) is 1.41. The first kappa shape index (κ1) is 12.3. The molecule has 0 saturated heterocycles. The minimum Gasteiger partial charge on any atom is -0.320 e. The van der Waals surface area contributed by atoms with Gasteiger partial charge in [-0.05, 0) is 24.6 Å². The van der Waals surface area contributed by atoms with Gasteiger partial charge >= 0.3 is 0 Å². The van der Waals surface area contributed by atoms with Crippen molar-refractivity contribution in [1.82, 2.24) is 9.97 Å². The van der Waals surface area contributed by atoms with Gasteiger partial charge in [0.2, 0.25) is 0 Å². The highest BCUT2D eigenvalue weighted by Crippen LogP contribution is 2.18. The third kappa shape index (κ3) is 2.23. The summed E-state index contributed by atoms with van der Waals surface area (Å²) >= 11 is 0. The number of aryl methyl sites for hydroxylation is 1. The molecule has 1 N–H and O–H groups in total. The molecule has 0 spiro atoms. The van der Waals surface area contributed by atoms with Gasteiger partial charge in [0, 0.05) is 11.1 Å². The monoisotopic (exact) mass is 263 g/mol. The van der Waals surface area contributed by atoms with Gasteiger partial charge in [-0.2, -0.15) is 0 Å². The molecule has 4 nitrogen and oxygen atoms in total. The number of benzene rings is 2. The zero-order valence-corrected chi connectivity index (χ0v) is 11.0. The number of hydrogen-bond acceptors (Lipinski definition) is 3. The fourth-order valence-corrected chi connectivity index (χ4v) is 2.08. The number of nitrogens with zero attached hydrogens (tertiary/aromatic N) is 2. The van der Waals surface area contributed by atoms with E-state index in [-0.39, 0.29) is 5.91 Å². The van der Waals surface area contributed by atoms with Crippen LogP contribution in [0, 0.1) is 6.92 Å². The second kappa shape index (κ2) is 5.09. The maximum absolute atomic E-state index is 12.4. The summed E-state index contributed by atoms with van der Waals surface area (Å²) in [6, 6.07) is 15.1. The van der Waals surface area contributed by atoms with Crippen LogP contribution in [-0.4, -0.2) is 15.9 Å². The van der Waals surface area contributed by atoms with Crippen molar-refractivity contribution in [2.45, 2.75) is 6.92 Å². The Balaban J connectivity index is 1.99. The third-order valence-corrected chi connectivity index (χ3v) is 3.15. The Morgan fingerprint density at radius 2 is 1.75 bits per heavy atom. The first-order chi connectivity index (χ1) is 9.75. The number of carbonyl (C=O) groups is 1. The molecular formula is C16H13N3O. The van der Waals surface area contributed by atoms with Crippen molar-refractivity contribution in [3.63, 3.8) is 0 Å². The summed E-state index contributed by atoms with van der Waals surface area (Å²) in [5.74, 6) is -0.224. The van der Waals surface area contributed by atoms with Crippen molar-refractivity contribution < 1.29 is 4.79 Å². The van der Waals surface area contributed by atoms with Crippen molar-refractivity contribution in [3.8, 4) is 0 Å². The number of hydrogen-bond donors (Lipinski definition) is 1. The zero-order valence-electron chi connectivity index (χ0n) is 11.0. The van der Waals surface area contributed by atoms with E-state index in [0.717, 1.165) is 22.2 Å². The van der Waals surface area contributed by atoms with Crippen molar-refractivity contribution in [2.75, 3.05) is 5.32 Å². The molecule has 0 aliphatic carbocycles. The predicted molar refractivity (Wildman–Crippen MR) is 78.7 cm³/mol. The van der Waals surface area contributed by atoms with Crippen LogP contribution in [0.5, 0.6) is 0 Å². The summed E-state index contributed by atoms with van der Waals surface area (Å²) in [5.41, 5.74) is 2.95. The highest BCUT2D eigenvalue weighted by molar-refractivity contribution is 6.10. The van der Waals surface area contributed by atoms with Crippen molar-refractivity contribution in [1.29, 1.82) is 0 Å². The SMILES string of the molecule is Cc1ccccc1NC(=O)c1ncnc2ccccc12. The molecule has 0 aliphatic rings. The second-order valence-electron chi connectivity index (χ2n) is 4.51. The number of rotatable bonds is 2. The smallest absolute Gasteiger partial charge is 0.275 e. The number of carbonyl (C=O) groups excluding carboxylic acids is 1. The van der Waals surface area contributed by atoms with Crippen LogP contribution in [-0.2, 0) is 0 Å². The van der Waals surface area contributed by atoms with Crippen molar-refractivity contribution in [2.24, 2.45) is 0 Å². The second-order valence-corrected chi connectivity index (χ2v) is 4.51. The molecule has 0 saturated carbocycles. The lowest BCUT2D eigenvalue weighted by molar-refractivity contribution is 0.102. The van der Waals surface area contributed by atoms with Gasteiger partial charge in [-0.3, -0.25) is 4.79 Å². The Morgan fingerprint density at radius 3 is 2.60 bits per heavy atom. The van der Waals surface area contributed by atoms with Gasteiger partial charge in [-0.1, -0.05) is 36.4 Å². The summed E-state index contributed by atoms with van der Waals surface area (Å²) in [4.78, 5) is 20.6. The van der Waals surface area contributed by atoms with Crippen LogP contribution in [0.2, 0.25) is 0 Å². The summed E-state index contributed by atoms with van der Waals surface area (Å²) in [7, 11) is 0. The zero-order chi connectivity index (χ0) is 13.9. The van der Waals surface area contributed by atoms with Crippen molar-refractivity contribution >= 4 is 22.5 Å². The van der Waals surface area contributed by atoms with Crippen LogP contribution in [0.15, 0.2) is 54.9 Å². The highest BCUT2D eigenvalue weighted by Gasteiger charge is 2.12. The Morgan fingerprint density at radius 1 is 1.00 bits per heavy atom. The van der Waals surface area contributed by atoms with E-state index in [1.165, 1.54) is 6.33 Å². The van der Waals surface area contributed by atoms with Crippen LogP contribution in [0.4, 0.5) is 5.69 Å². The van der Waals surface area contributed by atoms with Gasteiger partial charge in [0.1, 0.15) is 12.0 Å². The van der Waals surface area contributed by atoms with E-state index in [1.54, 1.807) is 0 Å². The molecule has 0 unspecified atom stereocenters. The van der Waals surface area contributed by atoms with E-state index in [4.69, 9.17) is 0 Å². The molecule has 1 heterocycles. The van der Waals surface area contributed by atoms with Crippen molar-refractivity contribution in [3.05, 3.63) is 66.1 Å². The normalized spacial score (nSPS) is 10.4. The number of amides is 1. The molecule has 2 aromatic carbocycles. The topological polar surface area (TPSA) is 54.9 Å². The lowest BCUT2D eigenvalue weighted by atomic mass is 10.1. The molecule has 4 heteroatoms. The van der Waals surface area contributed by atoms with Gasteiger partial charge in [-0.25, -0.2) is 9.97 Å². The standard InChI is InChI=1S/C16H13N3O/c1-11-6-2-4-8-13(11)19-16(20)15-12-7-3-5-9-14(12)17-10-18-15/h2-10H,1H3,(H,19,20). The van der Waals surface area contributed by atoms with Gasteiger partial charge < -0.3 is 5.32 Å². The van der Waals surface area contributed by atoms with Crippen LogP contribution in [0.25, 0.3) is 10.9 Å². The average molecular weight is 263 g/mol. The Bertz CT molecular complexity index is 778. The highest BCUT2D eigenvalue weighted by atomic mass is 16.1. The summed E-state index contributed by atoms with van der Waals surface area (Å²) < 4.78 is 0. The molecule has 3 rings (SSSR count). The van der Waals surface area contributed by atoms with Gasteiger partial charge in [-0.15, -0.1) is 0 Å². The lowest BCUT2D eigenvalue weighted by Crippen LogP contribution is -2.15. The van der Waals surface area contributed by atoms with Crippen LogP contribution in [0.3, 0.4) is 0 Å². The molecule has 98 valence electrons. The summed E-state index contributed by atoms with van der Waals surface area (Å²) in [6.45, 7) is 1.95. The minimum absolute atomic E-state index is 0.224. The molecule has 1 aromatic heterocycles. The molecule has 0 bridgehead atoms. The first-order valence-corrected chi connectivity index (χ1v) is 6.32. The number of fused-ring (bicyclic) bond motifs is 1. The predicted octanol–water partition coefficient (Wildman–Crippen LogP) is 3.19. The van der Waals surface area contributed by atoms with Crippen LogP contribution < -0.4 is 5.32 Å². The quantitative estimate of drug-likeness (QED) is 0.772. The Kier molecular flexibility index (Phi) is 3.13. The van der Waals surface area contributed by atoms with E-state index in [1.807, 2.05) is 55.5 Å². The summed E-state index contributed by atoms with van der Waals surface area (Å²) in [5, 5.41) is 3.64. The maximum Gasteiger partial charge on any atom is 0.275 e. The first-order valence-electron chi connectivity index (χ1n) is 6.32. The largest absolute Gasteiger partial charge is 0.320 e. The van der Waals surface area contributed by atoms with E-state index in [0.29, 0.717) is 5.69 Å². The fraction of sp³-hybridized carbons (Fsp3) is 0.0625. The molecule has 0 atom stereocenters. The van der Waals surface area contributed by atoms with E-state index < -0.39 is 0 Å². The fourth-order valence-electron chi connectivity index (χ4n) is 2.08.